The third-order valence-electron chi connectivity index (χ3n) is 3.03. The number of benzene rings is 2. The number of quaternary nitrogens is 1. The van der Waals surface area contributed by atoms with E-state index in [-0.39, 0.29) is 22.0 Å². The third kappa shape index (κ3) is 2.70. The summed E-state index contributed by atoms with van der Waals surface area (Å²) in [4.78, 5) is 0.132. The molecule has 0 heterocycles. The van der Waals surface area contributed by atoms with Crippen LogP contribution in [0.2, 0.25) is 5.02 Å². The summed E-state index contributed by atoms with van der Waals surface area (Å²) in [5.41, 5.74) is 3.61. The van der Waals surface area contributed by atoms with Gasteiger partial charge in [-0.1, -0.05) is 35.9 Å². The summed E-state index contributed by atoms with van der Waals surface area (Å²) < 4.78 is 39.2. The van der Waals surface area contributed by atoms with Gasteiger partial charge in [0.1, 0.15) is 11.1 Å². The lowest BCUT2D eigenvalue weighted by Crippen LogP contribution is -2.54. The van der Waals surface area contributed by atoms with Crippen LogP contribution >= 0.6 is 11.6 Å². The van der Waals surface area contributed by atoms with Gasteiger partial charge in [0.2, 0.25) is 0 Å². The van der Waals surface area contributed by atoms with Crippen molar-refractivity contribution >= 4 is 21.4 Å². The van der Waals surface area contributed by atoms with Crippen LogP contribution < -0.4 is 5.73 Å². The molecule has 0 unspecified atom stereocenters. The highest BCUT2D eigenvalue weighted by molar-refractivity contribution is 7.91. The van der Waals surface area contributed by atoms with E-state index in [4.69, 9.17) is 11.6 Å². The lowest BCUT2D eigenvalue weighted by atomic mass is 10.1. The molecule has 0 saturated carbocycles. The summed E-state index contributed by atoms with van der Waals surface area (Å²) >= 11 is 5.96. The molecule has 3 N–H and O–H groups in total. The standard InChI is InChI=1S/C14H13ClFNO2S/c15-11-7-4-8-12(16)14(11)13(9-17)20(18,19)10-5-2-1-3-6-10/h1-8,13H,9,17H2/p+1/t13-/m0/s1. The van der Waals surface area contributed by atoms with Crippen molar-refractivity contribution in [3.8, 4) is 0 Å². The van der Waals surface area contributed by atoms with Crippen molar-refractivity contribution in [3.63, 3.8) is 0 Å². The minimum absolute atomic E-state index is 0.00210. The largest absolute Gasteiger partial charge is 0.356 e. The second-order valence-electron chi connectivity index (χ2n) is 4.27. The van der Waals surface area contributed by atoms with E-state index in [9.17, 15) is 12.8 Å². The first-order valence-corrected chi connectivity index (χ1v) is 7.93. The van der Waals surface area contributed by atoms with Crippen LogP contribution in [-0.2, 0) is 9.84 Å². The van der Waals surface area contributed by atoms with Crippen LogP contribution in [0.4, 0.5) is 4.39 Å². The number of hydrogen-bond donors (Lipinski definition) is 1. The Morgan fingerprint density at radius 3 is 2.30 bits per heavy atom. The topological polar surface area (TPSA) is 61.8 Å². The second kappa shape index (κ2) is 5.91. The maximum Gasteiger partial charge on any atom is 0.191 e. The van der Waals surface area contributed by atoms with Crippen molar-refractivity contribution in [3.05, 3.63) is 64.9 Å². The van der Waals surface area contributed by atoms with E-state index < -0.39 is 20.9 Å². The van der Waals surface area contributed by atoms with E-state index in [1.54, 1.807) is 18.2 Å². The minimum Gasteiger partial charge on any atom is -0.356 e. The molecule has 2 aromatic carbocycles. The average Bonchev–Trinajstić information content (AvgIpc) is 2.43. The van der Waals surface area contributed by atoms with Gasteiger partial charge in [-0.3, -0.25) is 0 Å². The van der Waals surface area contributed by atoms with Gasteiger partial charge in [-0.25, -0.2) is 12.8 Å². The molecule has 0 amide bonds. The Morgan fingerprint density at radius 2 is 1.75 bits per heavy atom. The molecule has 0 spiro atoms. The first-order chi connectivity index (χ1) is 9.48. The van der Waals surface area contributed by atoms with E-state index in [1.165, 1.54) is 30.3 Å². The van der Waals surface area contributed by atoms with Crippen molar-refractivity contribution in [1.82, 2.24) is 0 Å². The van der Waals surface area contributed by atoms with Gasteiger partial charge in [-0.15, -0.1) is 0 Å². The van der Waals surface area contributed by atoms with Gasteiger partial charge in [0.25, 0.3) is 0 Å². The number of halogens is 2. The fourth-order valence-electron chi connectivity index (χ4n) is 2.05. The van der Waals surface area contributed by atoms with Crippen LogP contribution in [0.1, 0.15) is 10.8 Å². The predicted molar refractivity (Wildman–Crippen MR) is 75.5 cm³/mol. The SMILES string of the molecule is [NH3+]C[C@@H](c1c(F)cccc1Cl)S(=O)(=O)c1ccccc1. The molecule has 0 aliphatic rings. The molecule has 0 bridgehead atoms. The van der Waals surface area contributed by atoms with E-state index in [0.29, 0.717) is 0 Å². The molecule has 0 saturated heterocycles. The van der Waals surface area contributed by atoms with Crippen LogP contribution in [0.15, 0.2) is 53.4 Å². The van der Waals surface area contributed by atoms with Crippen molar-refractivity contribution in [2.24, 2.45) is 0 Å². The van der Waals surface area contributed by atoms with E-state index in [2.05, 4.69) is 5.73 Å². The Kier molecular flexibility index (Phi) is 4.42. The zero-order valence-electron chi connectivity index (χ0n) is 10.6. The average molecular weight is 315 g/mol. The summed E-state index contributed by atoms with van der Waals surface area (Å²) in [7, 11) is -3.74. The van der Waals surface area contributed by atoms with Crippen molar-refractivity contribution in [1.29, 1.82) is 0 Å². The lowest BCUT2D eigenvalue weighted by molar-refractivity contribution is -0.367. The number of rotatable bonds is 4. The van der Waals surface area contributed by atoms with Gasteiger partial charge in [0.05, 0.1) is 11.4 Å². The van der Waals surface area contributed by atoms with Gasteiger partial charge in [-0.05, 0) is 24.3 Å². The molecule has 0 aliphatic carbocycles. The molecule has 2 rings (SSSR count). The quantitative estimate of drug-likeness (QED) is 0.940. The summed E-state index contributed by atoms with van der Waals surface area (Å²) in [5.74, 6) is -0.634. The van der Waals surface area contributed by atoms with Crippen LogP contribution in [0.3, 0.4) is 0 Å². The van der Waals surface area contributed by atoms with Crippen molar-refractivity contribution < 1.29 is 18.5 Å². The fraction of sp³-hybridized carbons (Fsp3) is 0.143. The van der Waals surface area contributed by atoms with Gasteiger partial charge >= 0.3 is 0 Å². The number of hydrogen-bond acceptors (Lipinski definition) is 2. The highest BCUT2D eigenvalue weighted by Crippen LogP contribution is 2.33. The van der Waals surface area contributed by atoms with Crippen molar-refractivity contribution in [2.45, 2.75) is 10.1 Å². The molecule has 6 heteroatoms. The van der Waals surface area contributed by atoms with Crippen LogP contribution in [-0.4, -0.2) is 15.0 Å². The molecule has 20 heavy (non-hydrogen) atoms. The highest BCUT2D eigenvalue weighted by atomic mass is 35.5. The van der Waals surface area contributed by atoms with E-state index in [1.807, 2.05) is 0 Å². The Morgan fingerprint density at radius 1 is 1.10 bits per heavy atom. The van der Waals surface area contributed by atoms with Gasteiger partial charge < -0.3 is 5.73 Å². The third-order valence-corrected chi connectivity index (χ3v) is 5.51. The Hall–Kier alpha value is -1.43. The summed E-state index contributed by atoms with van der Waals surface area (Å²) in [5, 5.41) is -1.00. The van der Waals surface area contributed by atoms with Gasteiger partial charge in [-0.2, -0.15) is 0 Å². The minimum atomic E-state index is -3.74. The number of sulfone groups is 1. The predicted octanol–water partition coefficient (Wildman–Crippen LogP) is 2.24. The molecule has 2 aromatic rings. The highest BCUT2D eigenvalue weighted by Gasteiger charge is 2.33. The molecule has 0 fully saturated rings. The Balaban J connectivity index is 2.59. The van der Waals surface area contributed by atoms with Gasteiger partial charge in [0.15, 0.2) is 9.84 Å². The zero-order valence-corrected chi connectivity index (χ0v) is 12.2. The summed E-state index contributed by atoms with van der Waals surface area (Å²) in [6, 6.07) is 12.0. The first kappa shape index (κ1) is 15.0. The molecule has 0 aromatic heterocycles. The summed E-state index contributed by atoms with van der Waals surface area (Å²) in [6.45, 7) is -0.00210. The maximum atomic E-state index is 14.0. The second-order valence-corrected chi connectivity index (χ2v) is 6.81. The molecule has 106 valence electrons. The zero-order chi connectivity index (χ0) is 14.8. The fourth-order valence-corrected chi connectivity index (χ4v) is 4.13. The molecule has 3 nitrogen and oxygen atoms in total. The smallest absolute Gasteiger partial charge is 0.191 e. The van der Waals surface area contributed by atoms with Crippen LogP contribution in [0.25, 0.3) is 0 Å². The van der Waals surface area contributed by atoms with Crippen LogP contribution in [0, 0.1) is 5.82 Å². The normalized spacial score (nSPS) is 13.2. The van der Waals surface area contributed by atoms with Crippen LogP contribution in [0.5, 0.6) is 0 Å². The maximum absolute atomic E-state index is 14.0. The summed E-state index contributed by atoms with van der Waals surface area (Å²) in [6.07, 6.45) is 0. The lowest BCUT2D eigenvalue weighted by Gasteiger charge is -2.16. The molecule has 0 aliphatic heterocycles. The molecular weight excluding hydrogens is 301 g/mol. The van der Waals surface area contributed by atoms with E-state index >= 15 is 0 Å². The Labute approximate surface area is 122 Å². The van der Waals surface area contributed by atoms with Gasteiger partial charge in [0, 0.05) is 10.6 Å². The Bertz CT molecular complexity index is 684. The molecule has 0 radical (unpaired) electrons. The first-order valence-electron chi connectivity index (χ1n) is 6.00. The molecule has 1 atom stereocenters. The van der Waals surface area contributed by atoms with Crippen molar-refractivity contribution in [2.75, 3.05) is 6.54 Å². The molecular formula is C14H14ClFNO2S+. The monoisotopic (exact) mass is 314 g/mol. The van der Waals surface area contributed by atoms with E-state index in [0.717, 1.165) is 0 Å².